The Balaban J connectivity index is 4.06. The largest absolute Gasteiger partial charge is 0.480 e. The summed E-state index contributed by atoms with van der Waals surface area (Å²) in [5.41, 5.74) is 0. The van der Waals surface area contributed by atoms with E-state index in [1.54, 1.807) is 7.05 Å². The molecule has 0 saturated heterocycles. The van der Waals surface area contributed by atoms with E-state index >= 15 is 0 Å². The quantitative estimate of drug-likeness (QED) is 0.591. The lowest BCUT2D eigenvalue weighted by atomic mass is 10.3. The summed E-state index contributed by atoms with van der Waals surface area (Å²) in [4.78, 5) is 23.0. The summed E-state index contributed by atoms with van der Waals surface area (Å²) in [7, 11) is 1.66. The van der Waals surface area contributed by atoms with Gasteiger partial charge in [0.05, 0.1) is 6.54 Å². The van der Waals surface area contributed by atoms with Crippen LogP contribution in [0.2, 0.25) is 0 Å². The van der Waals surface area contributed by atoms with Gasteiger partial charge in [0.15, 0.2) is 0 Å². The van der Waals surface area contributed by atoms with E-state index < -0.39 is 5.97 Å². The van der Waals surface area contributed by atoms with Gasteiger partial charge in [-0.15, -0.1) is 0 Å². The second-order valence-corrected chi connectivity index (χ2v) is 2.74. The smallest absolute Gasteiger partial charge is 0.323 e. The van der Waals surface area contributed by atoms with Gasteiger partial charge < -0.3 is 15.3 Å². The van der Waals surface area contributed by atoms with Crippen LogP contribution in [0.5, 0.6) is 0 Å². The van der Waals surface area contributed by atoms with Crippen molar-refractivity contribution in [3.05, 3.63) is 0 Å². The van der Waals surface area contributed by atoms with Gasteiger partial charge in [-0.3, -0.25) is 9.59 Å². The zero-order valence-electron chi connectivity index (χ0n) is 8.04. The Kier molecular flexibility index (Phi) is 5.88. The second kappa shape index (κ2) is 6.42. The summed E-state index contributed by atoms with van der Waals surface area (Å²) in [6, 6.07) is 0. The Bertz CT molecular complexity index is 182. The van der Waals surface area contributed by atoms with Gasteiger partial charge >= 0.3 is 5.97 Å². The van der Waals surface area contributed by atoms with Crippen molar-refractivity contribution in [2.75, 3.05) is 26.7 Å². The van der Waals surface area contributed by atoms with E-state index in [2.05, 4.69) is 5.32 Å². The van der Waals surface area contributed by atoms with Crippen LogP contribution in [0.1, 0.15) is 13.3 Å². The molecule has 1 amide bonds. The van der Waals surface area contributed by atoms with Crippen LogP contribution in [-0.4, -0.2) is 48.6 Å². The maximum absolute atomic E-state index is 11.3. The molecule has 76 valence electrons. The number of hydrogen-bond donors (Lipinski definition) is 2. The molecule has 0 aromatic carbocycles. The van der Waals surface area contributed by atoms with Crippen molar-refractivity contribution in [2.45, 2.75) is 13.3 Å². The van der Waals surface area contributed by atoms with Gasteiger partial charge in [-0.2, -0.15) is 0 Å². The van der Waals surface area contributed by atoms with Gasteiger partial charge in [0.2, 0.25) is 5.91 Å². The molecule has 0 aliphatic carbocycles. The normalized spacial score (nSPS) is 9.69. The van der Waals surface area contributed by atoms with Crippen molar-refractivity contribution in [3.63, 3.8) is 0 Å². The molecule has 0 aliphatic heterocycles. The number of carbonyl (C=O) groups is 2. The molecule has 0 atom stereocenters. The number of carboxylic acid groups (broad SMARTS) is 1. The molecular weight excluding hydrogens is 172 g/mol. The van der Waals surface area contributed by atoms with Crippen molar-refractivity contribution in [2.24, 2.45) is 0 Å². The third-order valence-corrected chi connectivity index (χ3v) is 1.50. The number of hydrogen-bond acceptors (Lipinski definition) is 3. The Morgan fingerprint density at radius 1 is 1.46 bits per heavy atom. The van der Waals surface area contributed by atoms with E-state index in [1.165, 1.54) is 4.90 Å². The maximum Gasteiger partial charge on any atom is 0.323 e. The Hall–Kier alpha value is -1.10. The lowest BCUT2D eigenvalue weighted by molar-refractivity contribution is -0.144. The lowest BCUT2D eigenvalue weighted by Gasteiger charge is -2.19. The zero-order valence-corrected chi connectivity index (χ0v) is 8.04. The molecule has 0 bridgehead atoms. The molecule has 0 heterocycles. The summed E-state index contributed by atoms with van der Waals surface area (Å²) in [5, 5.41) is 11.2. The second-order valence-electron chi connectivity index (χ2n) is 2.74. The van der Waals surface area contributed by atoms with Crippen LogP contribution < -0.4 is 5.32 Å². The van der Waals surface area contributed by atoms with Crippen LogP contribution in [0.15, 0.2) is 0 Å². The fraction of sp³-hybridized carbons (Fsp3) is 0.750. The number of carbonyl (C=O) groups excluding carboxylic acids is 1. The molecule has 2 N–H and O–H groups in total. The number of aliphatic carboxylic acids is 1. The van der Waals surface area contributed by atoms with E-state index in [0.29, 0.717) is 6.54 Å². The summed E-state index contributed by atoms with van der Waals surface area (Å²) >= 11 is 0. The predicted molar refractivity (Wildman–Crippen MR) is 48.4 cm³/mol. The first-order chi connectivity index (χ1) is 6.11. The molecule has 13 heavy (non-hydrogen) atoms. The minimum Gasteiger partial charge on any atom is -0.480 e. The van der Waals surface area contributed by atoms with E-state index in [-0.39, 0.29) is 19.0 Å². The monoisotopic (exact) mass is 188 g/mol. The highest BCUT2D eigenvalue weighted by molar-refractivity contribution is 5.82. The molecule has 0 aliphatic rings. The van der Waals surface area contributed by atoms with Gasteiger partial charge in [-0.25, -0.2) is 0 Å². The molecule has 0 saturated carbocycles. The number of likely N-dealkylation sites (N-methyl/N-ethyl adjacent to an activating group) is 1. The van der Waals surface area contributed by atoms with E-state index in [9.17, 15) is 9.59 Å². The van der Waals surface area contributed by atoms with Crippen LogP contribution in [0, 0.1) is 0 Å². The minimum atomic E-state index is -0.974. The minimum absolute atomic E-state index is 0.174. The van der Waals surface area contributed by atoms with Gasteiger partial charge in [0.25, 0.3) is 0 Å². The van der Waals surface area contributed by atoms with Crippen LogP contribution >= 0.6 is 0 Å². The Morgan fingerprint density at radius 2 is 2.08 bits per heavy atom. The number of rotatable bonds is 6. The molecule has 0 spiro atoms. The highest BCUT2D eigenvalue weighted by Crippen LogP contribution is 1.91. The van der Waals surface area contributed by atoms with Crippen LogP contribution in [0.4, 0.5) is 0 Å². The van der Waals surface area contributed by atoms with Crippen LogP contribution in [0.3, 0.4) is 0 Å². The molecule has 0 aromatic heterocycles. The SMILES string of the molecule is CCCN(CC(=O)O)C(=O)CNC. The summed E-state index contributed by atoms with van der Waals surface area (Å²) in [6.45, 7) is 2.37. The molecule has 0 unspecified atom stereocenters. The molecule has 0 rings (SSSR count). The van der Waals surface area contributed by atoms with Gasteiger partial charge in [-0.05, 0) is 13.5 Å². The fourth-order valence-corrected chi connectivity index (χ4v) is 0.988. The molecule has 0 fully saturated rings. The Morgan fingerprint density at radius 3 is 2.46 bits per heavy atom. The first kappa shape index (κ1) is 11.9. The van der Waals surface area contributed by atoms with Crippen molar-refractivity contribution < 1.29 is 14.7 Å². The molecule has 0 radical (unpaired) electrons. The third-order valence-electron chi connectivity index (χ3n) is 1.50. The predicted octanol–water partition coefficient (Wildman–Crippen LogP) is -0.471. The number of nitrogens with one attached hydrogen (secondary N) is 1. The first-order valence-electron chi connectivity index (χ1n) is 4.26. The lowest BCUT2D eigenvalue weighted by Crippen LogP contribution is -2.40. The van der Waals surface area contributed by atoms with E-state index in [0.717, 1.165) is 6.42 Å². The summed E-state index contributed by atoms with van der Waals surface area (Å²) < 4.78 is 0. The Labute approximate surface area is 77.7 Å². The standard InChI is InChI=1S/C8H16N2O3/c1-3-4-10(6-8(12)13)7(11)5-9-2/h9H,3-6H2,1-2H3,(H,12,13). The molecule has 5 heteroatoms. The van der Waals surface area contributed by atoms with Crippen LogP contribution in [0.25, 0.3) is 0 Å². The highest BCUT2D eigenvalue weighted by Gasteiger charge is 2.14. The zero-order chi connectivity index (χ0) is 10.3. The van der Waals surface area contributed by atoms with Gasteiger partial charge in [0, 0.05) is 6.54 Å². The number of amides is 1. The van der Waals surface area contributed by atoms with Crippen molar-refractivity contribution in [1.82, 2.24) is 10.2 Å². The first-order valence-corrected chi connectivity index (χ1v) is 4.26. The van der Waals surface area contributed by atoms with Crippen molar-refractivity contribution in [3.8, 4) is 0 Å². The summed E-state index contributed by atoms with van der Waals surface area (Å²) in [6.07, 6.45) is 0.767. The maximum atomic E-state index is 11.3. The number of nitrogens with zero attached hydrogens (tertiary/aromatic N) is 1. The molecule has 0 aromatic rings. The molecular formula is C8H16N2O3. The van der Waals surface area contributed by atoms with Crippen molar-refractivity contribution in [1.29, 1.82) is 0 Å². The highest BCUT2D eigenvalue weighted by atomic mass is 16.4. The van der Waals surface area contributed by atoms with Crippen LogP contribution in [-0.2, 0) is 9.59 Å². The topological polar surface area (TPSA) is 69.6 Å². The average molecular weight is 188 g/mol. The van der Waals surface area contributed by atoms with E-state index in [4.69, 9.17) is 5.11 Å². The number of carboxylic acids is 1. The van der Waals surface area contributed by atoms with Crippen molar-refractivity contribution >= 4 is 11.9 Å². The van der Waals surface area contributed by atoms with Gasteiger partial charge in [0.1, 0.15) is 6.54 Å². The summed E-state index contributed by atoms with van der Waals surface area (Å²) in [5.74, 6) is -1.15. The van der Waals surface area contributed by atoms with Gasteiger partial charge in [-0.1, -0.05) is 6.92 Å². The molecule has 5 nitrogen and oxygen atoms in total. The van der Waals surface area contributed by atoms with E-state index in [1.807, 2.05) is 6.92 Å². The fourth-order valence-electron chi connectivity index (χ4n) is 0.988. The third kappa shape index (κ3) is 5.19. The average Bonchev–Trinajstić information content (AvgIpc) is 2.03.